The van der Waals surface area contributed by atoms with Crippen molar-refractivity contribution < 1.29 is 39.2 Å². The predicted octanol–water partition coefficient (Wildman–Crippen LogP) is -0.0548. The highest BCUT2D eigenvalue weighted by atomic mass is 16.7. The normalized spacial score (nSPS) is 24.9. The molecule has 1 heterocycles. The maximum atomic E-state index is 12.4. The Morgan fingerprint density at radius 1 is 0.868 bits per heavy atom. The number of hydrogen-bond acceptors (Lipinski definition) is 9. The van der Waals surface area contributed by atoms with Gasteiger partial charge in [-0.2, -0.15) is 0 Å². The molecule has 0 aromatic rings. The van der Waals surface area contributed by atoms with Gasteiger partial charge in [0, 0.05) is 19.6 Å². The molecule has 0 aliphatic carbocycles. The van der Waals surface area contributed by atoms with Crippen LogP contribution in [-0.2, 0) is 23.9 Å². The van der Waals surface area contributed by atoms with Crippen LogP contribution in [0.25, 0.3) is 0 Å². The molecule has 1 saturated heterocycles. The molecule has 0 aromatic carbocycles. The van der Waals surface area contributed by atoms with Gasteiger partial charge in [-0.15, -0.1) is 0 Å². The first-order chi connectivity index (χ1) is 18.0. The zero-order valence-corrected chi connectivity index (χ0v) is 23.0. The third kappa shape index (κ3) is 13.8. The van der Waals surface area contributed by atoms with Crippen molar-refractivity contribution in [3.05, 3.63) is 0 Å². The summed E-state index contributed by atoms with van der Waals surface area (Å²) in [4.78, 5) is 35.3. The Hall–Kier alpha value is -1.83. The predicted molar refractivity (Wildman–Crippen MR) is 141 cm³/mol. The lowest BCUT2D eigenvalue weighted by atomic mass is 10.00. The number of aliphatic hydroxyl groups is 3. The topological polar surface area (TPSA) is 206 Å². The third-order valence-electron chi connectivity index (χ3n) is 6.69. The van der Waals surface area contributed by atoms with Crippen LogP contribution in [0, 0.1) is 0 Å². The zero-order valence-electron chi connectivity index (χ0n) is 23.0. The summed E-state index contributed by atoms with van der Waals surface area (Å²) in [6, 6.07) is -1.58. The number of nitrogens with one attached hydrogen (secondary N) is 2. The number of amides is 3. The Bertz CT molecular complexity index is 696. The van der Waals surface area contributed by atoms with Crippen LogP contribution in [0.5, 0.6) is 0 Å². The van der Waals surface area contributed by atoms with E-state index < -0.39 is 54.6 Å². The monoisotopic (exact) mass is 546 g/mol. The second kappa shape index (κ2) is 19.3. The van der Waals surface area contributed by atoms with Crippen LogP contribution >= 0.6 is 0 Å². The number of hydrogen-bond donors (Lipinski definition) is 7. The van der Waals surface area contributed by atoms with Crippen molar-refractivity contribution in [1.82, 2.24) is 10.6 Å². The SMILES string of the molecule is C[C@@H]1O[C@H](OCCCCCCCCCCCCNC(=O)[C@H](CCC(N)=O)NC(=O)[C@@H](C)N)[C@@H](O)[C@H](O)[C@@H]1O. The molecule has 9 N–H and O–H groups in total. The summed E-state index contributed by atoms with van der Waals surface area (Å²) < 4.78 is 11.0. The van der Waals surface area contributed by atoms with Crippen molar-refractivity contribution in [2.24, 2.45) is 11.5 Å². The molecule has 38 heavy (non-hydrogen) atoms. The van der Waals surface area contributed by atoms with Crippen molar-refractivity contribution >= 4 is 17.7 Å². The van der Waals surface area contributed by atoms with Crippen LogP contribution in [0.4, 0.5) is 0 Å². The quantitative estimate of drug-likeness (QED) is 0.102. The molecule has 1 aliphatic heterocycles. The van der Waals surface area contributed by atoms with Gasteiger partial charge in [0.1, 0.15) is 24.4 Å². The fourth-order valence-corrected chi connectivity index (χ4v) is 4.19. The molecular formula is C26H50N4O8. The average molecular weight is 547 g/mol. The first kappa shape index (κ1) is 34.2. The maximum absolute atomic E-state index is 12.4. The van der Waals surface area contributed by atoms with Crippen LogP contribution in [0.1, 0.15) is 90.9 Å². The number of carbonyl (C=O) groups excluding carboxylic acids is 3. The highest BCUT2D eigenvalue weighted by Gasteiger charge is 2.42. The van der Waals surface area contributed by atoms with E-state index in [1.807, 2.05) is 0 Å². The van der Waals surface area contributed by atoms with E-state index in [9.17, 15) is 29.7 Å². The van der Waals surface area contributed by atoms with Crippen LogP contribution in [-0.4, -0.2) is 89.0 Å². The molecule has 1 fully saturated rings. The second-order valence-corrected chi connectivity index (χ2v) is 10.2. The summed E-state index contributed by atoms with van der Waals surface area (Å²) in [7, 11) is 0. The van der Waals surface area contributed by atoms with Crippen LogP contribution in [0.15, 0.2) is 0 Å². The number of rotatable bonds is 20. The van der Waals surface area contributed by atoms with Gasteiger partial charge in [-0.1, -0.05) is 51.4 Å². The lowest BCUT2D eigenvalue weighted by Crippen LogP contribution is -2.57. The molecule has 0 unspecified atom stereocenters. The van der Waals surface area contributed by atoms with Gasteiger partial charge in [-0.25, -0.2) is 0 Å². The zero-order chi connectivity index (χ0) is 28.5. The summed E-state index contributed by atoms with van der Waals surface area (Å²) in [5.41, 5.74) is 10.7. The molecule has 222 valence electrons. The Labute approximate surface area is 226 Å². The van der Waals surface area contributed by atoms with Gasteiger partial charge >= 0.3 is 0 Å². The number of ether oxygens (including phenoxy) is 2. The van der Waals surface area contributed by atoms with E-state index in [0.29, 0.717) is 13.2 Å². The summed E-state index contributed by atoms with van der Waals surface area (Å²) >= 11 is 0. The van der Waals surface area contributed by atoms with Crippen LogP contribution in [0.2, 0.25) is 0 Å². The highest BCUT2D eigenvalue weighted by Crippen LogP contribution is 2.22. The smallest absolute Gasteiger partial charge is 0.242 e. The van der Waals surface area contributed by atoms with Crippen LogP contribution < -0.4 is 22.1 Å². The van der Waals surface area contributed by atoms with Gasteiger partial charge in [0.15, 0.2) is 6.29 Å². The second-order valence-electron chi connectivity index (χ2n) is 10.2. The molecule has 0 bridgehead atoms. The van der Waals surface area contributed by atoms with Crippen molar-refractivity contribution in [3.8, 4) is 0 Å². The van der Waals surface area contributed by atoms with Gasteiger partial charge < -0.3 is 46.9 Å². The highest BCUT2D eigenvalue weighted by molar-refractivity contribution is 5.89. The Morgan fingerprint density at radius 3 is 1.97 bits per heavy atom. The Morgan fingerprint density at radius 2 is 1.42 bits per heavy atom. The van der Waals surface area contributed by atoms with E-state index in [1.54, 1.807) is 6.92 Å². The molecule has 0 radical (unpaired) electrons. The summed E-state index contributed by atoms with van der Waals surface area (Å²) in [6.45, 7) is 4.09. The molecule has 3 amide bonds. The van der Waals surface area contributed by atoms with Gasteiger partial charge in [0.25, 0.3) is 0 Å². The lowest BCUT2D eigenvalue weighted by molar-refractivity contribution is -0.293. The largest absolute Gasteiger partial charge is 0.388 e. The first-order valence-electron chi connectivity index (χ1n) is 14.0. The summed E-state index contributed by atoms with van der Waals surface area (Å²) in [6.07, 6.45) is 5.42. The molecule has 7 atom stereocenters. The van der Waals surface area contributed by atoms with Gasteiger partial charge in [0.05, 0.1) is 12.1 Å². The fourth-order valence-electron chi connectivity index (χ4n) is 4.19. The Balaban J connectivity index is 2.01. The van der Waals surface area contributed by atoms with Crippen molar-refractivity contribution in [1.29, 1.82) is 0 Å². The Kier molecular flexibility index (Phi) is 17.3. The molecule has 0 aromatic heterocycles. The van der Waals surface area contributed by atoms with Crippen LogP contribution in [0.3, 0.4) is 0 Å². The fraction of sp³-hybridized carbons (Fsp3) is 0.885. The lowest BCUT2D eigenvalue weighted by Gasteiger charge is -2.38. The summed E-state index contributed by atoms with van der Waals surface area (Å²) in [5, 5.41) is 34.8. The van der Waals surface area contributed by atoms with Crippen molar-refractivity contribution in [3.63, 3.8) is 0 Å². The van der Waals surface area contributed by atoms with E-state index in [0.717, 1.165) is 64.2 Å². The van der Waals surface area contributed by atoms with E-state index >= 15 is 0 Å². The van der Waals surface area contributed by atoms with E-state index in [2.05, 4.69) is 10.6 Å². The van der Waals surface area contributed by atoms with Gasteiger partial charge in [0.2, 0.25) is 17.7 Å². The van der Waals surface area contributed by atoms with E-state index in [-0.39, 0.29) is 18.7 Å². The number of unbranched alkanes of at least 4 members (excludes halogenated alkanes) is 9. The van der Waals surface area contributed by atoms with E-state index in [4.69, 9.17) is 20.9 Å². The molecule has 12 nitrogen and oxygen atoms in total. The molecular weight excluding hydrogens is 496 g/mol. The maximum Gasteiger partial charge on any atom is 0.242 e. The first-order valence-corrected chi connectivity index (χ1v) is 14.0. The molecule has 0 saturated carbocycles. The number of carbonyl (C=O) groups is 3. The molecule has 1 rings (SSSR count). The minimum atomic E-state index is -1.27. The van der Waals surface area contributed by atoms with Gasteiger partial charge in [-0.05, 0) is 33.1 Å². The van der Waals surface area contributed by atoms with Crippen molar-refractivity contribution in [2.75, 3.05) is 13.2 Å². The molecule has 12 heteroatoms. The number of primary amides is 1. The minimum Gasteiger partial charge on any atom is -0.388 e. The van der Waals surface area contributed by atoms with Crippen molar-refractivity contribution in [2.45, 2.75) is 134 Å². The third-order valence-corrected chi connectivity index (χ3v) is 6.69. The molecule has 1 aliphatic rings. The number of nitrogens with two attached hydrogens (primary N) is 2. The van der Waals surface area contributed by atoms with Gasteiger partial charge in [-0.3, -0.25) is 14.4 Å². The summed E-state index contributed by atoms with van der Waals surface area (Å²) in [5.74, 6) is -1.32. The minimum absolute atomic E-state index is 0.000771. The molecule has 0 spiro atoms. The average Bonchev–Trinajstić information content (AvgIpc) is 2.87. The standard InChI is InChI=1S/C26H50N4O8/c1-17(27)24(35)30-19(13-14-20(28)31)25(36)29-15-11-9-7-5-3-4-6-8-10-12-16-37-26-23(34)22(33)21(32)18(2)38-26/h17-19,21-23,26,32-34H,3-16,27H2,1-2H3,(H2,28,31)(H,29,36)(H,30,35)/t17-,18+,19+,21-,22-,23+,26+/m1/s1. The van der Waals surface area contributed by atoms with E-state index in [1.165, 1.54) is 6.92 Å². The number of aliphatic hydroxyl groups excluding tert-OH is 3.